The summed E-state index contributed by atoms with van der Waals surface area (Å²) >= 11 is 0. The minimum Gasteiger partial charge on any atom is -0.313 e. The number of nitrogens with one attached hydrogen (secondary N) is 1. The molecule has 0 saturated heterocycles. The van der Waals surface area contributed by atoms with Gasteiger partial charge in [0, 0.05) is 19.1 Å². The highest BCUT2D eigenvalue weighted by atomic mass is 19.4. The molecule has 0 aromatic rings. The average molecular weight is 292 g/mol. The summed E-state index contributed by atoms with van der Waals surface area (Å²) in [6, 6.07) is 0.622. The van der Waals surface area contributed by atoms with E-state index in [1.54, 1.807) is 7.05 Å². The lowest BCUT2D eigenvalue weighted by molar-refractivity contribution is -0.146. The number of halogens is 3. The van der Waals surface area contributed by atoms with Gasteiger partial charge in [0.25, 0.3) is 0 Å². The van der Waals surface area contributed by atoms with Crippen LogP contribution in [0.1, 0.15) is 45.4 Å². The summed E-state index contributed by atoms with van der Waals surface area (Å²) in [4.78, 5) is 1.46. The summed E-state index contributed by atoms with van der Waals surface area (Å²) in [5.41, 5.74) is 0.0280. The third kappa shape index (κ3) is 5.24. The van der Waals surface area contributed by atoms with Crippen LogP contribution in [0.15, 0.2) is 0 Å². The summed E-state index contributed by atoms with van der Waals surface area (Å²) in [7, 11) is 1.60. The first-order valence-corrected chi connectivity index (χ1v) is 7.77. The summed E-state index contributed by atoms with van der Waals surface area (Å²) < 4.78 is 37.6. The second-order valence-electron chi connectivity index (χ2n) is 7.14. The maximum atomic E-state index is 12.5. The number of rotatable bonds is 6. The van der Waals surface area contributed by atoms with Gasteiger partial charge in [-0.2, -0.15) is 13.2 Å². The Hall–Kier alpha value is -0.290. The third-order valence-electron chi connectivity index (χ3n) is 4.58. The molecule has 2 unspecified atom stereocenters. The molecule has 1 N–H and O–H groups in total. The highest BCUT2D eigenvalue weighted by Crippen LogP contribution is 2.40. The van der Waals surface area contributed by atoms with E-state index in [0.717, 1.165) is 25.8 Å². The van der Waals surface area contributed by atoms with E-state index in [1.165, 1.54) is 24.2 Å². The van der Waals surface area contributed by atoms with Gasteiger partial charge >= 0.3 is 6.18 Å². The van der Waals surface area contributed by atoms with E-state index < -0.39 is 12.7 Å². The number of alkyl halides is 3. The Morgan fingerprint density at radius 2 is 1.95 bits per heavy atom. The molecule has 5 heteroatoms. The van der Waals surface area contributed by atoms with Crippen molar-refractivity contribution in [2.24, 2.45) is 11.3 Å². The van der Waals surface area contributed by atoms with Gasteiger partial charge < -0.3 is 5.32 Å². The van der Waals surface area contributed by atoms with Crippen LogP contribution in [0, 0.1) is 11.3 Å². The highest BCUT2D eigenvalue weighted by Gasteiger charge is 2.39. The van der Waals surface area contributed by atoms with Gasteiger partial charge in [0.15, 0.2) is 0 Å². The third-order valence-corrected chi connectivity index (χ3v) is 4.58. The SMILES string of the molecule is CC1CCCC(CNC2CC2)(CN(C)CC(F)(F)F)C1. The molecule has 0 aromatic carbocycles. The predicted molar refractivity (Wildman–Crippen MR) is 74.6 cm³/mol. The second kappa shape index (κ2) is 6.22. The average Bonchev–Trinajstić information content (AvgIpc) is 3.07. The Morgan fingerprint density at radius 3 is 2.50 bits per heavy atom. The molecular formula is C15H27F3N2. The van der Waals surface area contributed by atoms with E-state index in [0.29, 0.717) is 18.5 Å². The lowest BCUT2D eigenvalue weighted by Gasteiger charge is -2.43. The molecule has 2 aliphatic rings. The van der Waals surface area contributed by atoms with Crippen molar-refractivity contribution in [1.29, 1.82) is 0 Å². The van der Waals surface area contributed by atoms with Gasteiger partial charge in [0.1, 0.15) is 0 Å². The lowest BCUT2D eigenvalue weighted by atomic mass is 9.69. The second-order valence-corrected chi connectivity index (χ2v) is 7.14. The van der Waals surface area contributed by atoms with Crippen molar-refractivity contribution in [1.82, 2.24) is 10.2 Å². The highest BCUT2D eigenvalue weighted by molar-refractivity contribution is 4.92. The lowest BCUT2D eigenvalue weighted by Crippen LogP contribution is -2.47. The summed E-state index contributed by atoms with van der Waals surface area (Å²) in [6.45, 7) is 2.86. The maximum absolute atomic E-state index is 12.5. The Labute approximate surface area is 120 Å². The van der Waals surface area contributed by atoms with E-state index in [1.807, 2.05) is 0 Å². The van der Waals surface area contributed by atoms with Gasteiger partial charge in [0.05, 0.1) is 6.54 Å². The van der Waals surface area contributed by atoms with Crippen LogP contribution in [0.5, 0.6) is 0 Å². The van der Waals surface area contributed by atoms with Gasteiger partial charge in [-0.1, -0.05) is 19.8 Å². The monoisotopic (exact) mass is 292 g/mol. The normalized spacial score (nSPS) is 31.8. The molecule has 20 heavy (non-hydrogen) atoms. The van der Waals surface area contributed by atoms with E-state index in [4.69, 9.17) is 0 Å². The Bertz CT molecular complexity index is 315. The van der Waals surface area contributed by atoms with Crippen LogP contribution in [0.3, 0.4) is 0 Å². The van der Waals surface area contributed by atoms with Gasteiger partial charge in [0.2, 0.25) is 0 Å². The molecule has 2 fully saturated rings. The first kappa shape index (κ1) is 16.1. The van der Waals surface area contributed by atoms with Crippen molar-refractivity contribution < 1.29 is 13.2 Å². The zero-order chi connectivity index (χ0) is 14.8. The molecule has 0 spiro atoms. The van der Waals surface area contributed by atoms with E-state index in [2.05, 4.69) is 12.2 Å². The topological polar surface area (TPSA) is 15.3 Å². The van der Waals surface area contributed by atoms with Crippen molar-refractivity contribution in [3.8, 4) is 0 Å². The van der Waals surface area contributed by atoms with Gasteiger partial charge in [-0.15, -0.1) is 0 Å². The fourth-order valence-corrected chi connectivity index (χ4v) is 3.71. The van der Waals surface area contributed by atoms with Crippen LogP contribution in [0.4, 0.5) is 13.2 Å². The van der Waals surface area contributed by atoms with Crippen molar-refractivity contribution in [2.75, 3.05) is 26.7 Å². The Kier molecular flexibility index (Phi) is 5.00. The molecule has 2 atom stereocenters. The summed E-state index contributed by atoms with van der Waals surface area (Å²) in [5.74, 6) is 0.629. The van der Waals surface area contributed by atoms with Gasteiger partial charge in [-0.25, -0.2) is 0 Å². The van der Waals surface area contributed by atoms with Crippen molar-refractivity contribution >= 4 is 0 Å². The zero-order valence-corrected chi connectivity index (χ0v) is 12.6. The molecule has 0 bridgehead atoms. The molecule has 2 aliphatic carbocycles. The fraction of sp³-hybridized carbons (Fsp3) is 1.00. The zero-order valence-electron chi connectivity index (χ0n) is 12.6. The molecule has 0 amide bonds. The smallest absolute Gasteiger partial charge is 0.313 e. The van der Waals surface area contributed by atoms with E-state index in [9.17, 15) is 13.2 Å². The summed E-state index contributed by atoms with van der Waals surface area (Å²) in [6.07, 6.45) is 2.82. The number of nitrogens with zero attached hydrogens (tertiary/aromatic N) is 1. The molecule has 0 radical (unpaired) electrons. The Morgan fingerprint density at radius 1 is 1.25 bits per heavy atom. The summed E-state index contributed by atoms with van der Waals surface area (Å²) in [5, 5.41) is 3.55. The first-order chi connectivity index (χ1) is 9.28. The molecule has 0 heterocycles. The molecule has 118 valence electrons. The molecule has 2 rings (SSSR count). The molecule has 2 saturated carbocycles. The minimum absolute atomic E-state index is 0.0280. The largest absolute Gasteiger partial charge is 0.401 e. The molecule has 0 aliphatic heterocycles. The standard InChI is InChI=1S/C15H27F3N2/c1-12-4-3-7-14(8-12,9-19-13-5-6-13)10-20(2)11-15(16,17)18/h12-13,19H,3-11H2,1-2H3. The number of hydrogen-bond acceptors (Lipinski definition) is 2. The van der Waals surface area contributed by atoms with Crippen molar-refractivity contribution in [3.05, 3.63) is 0 Å². The van der Waals surface area contributed by atoms with Crippen molar-refractivity contribution in [3.63, 3.8) is 0 Å². The predicted octanol–water partition coefficient (Wildman–Crippen LogP) is 3.43. The fourth-order valence-electron chi connectivity index (χ4n) is 3.71. The maximum Gasteiger partial charge on any atom is 0.401 e. The van der Waals surface area contributed by atoms with Crippen LogP contribution in [0.25, 0.3) is 0 Å². The van der Waals surface area contributed by atoms with Crippen LogP contribution in [-0.2, 0) is 0 Å². The van der Waals surface area contributed by atoms with E-state index in [-0.39, 0.29) is 5.41 Å². The van der Waals surface area contributed by atoms with Crippen LogP contribution in [-0.4, -0.2) is 43.8 Å². The quantitative estimate of drug-likeness (QED) is 0.807. The Balaban J connectivity index is 1.93. The molecule has 2 nitrogen and oxygen atoms in total. The van der Waals surface area contributed by atoms with Crippen LogP contribution in [0.2, 0.25) is 0 Å². The van der Waals surface area contributed by atoms with Crippen LogP contribution < -0.4 is 5.32 Å². The van der Waals surface area contributed by atoms with Crippen LogP contribution >= 0.6 is 0 Å². The van der Waals surface area contributed by atoms with Gasteiger partial charge in [-0.3, -0.25) is 4.90 Å². The number of hydrogen-bond donors (Lipinski definition) is 1. The van der Waals surface area contributed by atoms with Gasteiger partial charge in [-0.05, 0) is 44.1 Å². The molecule has 0 aromatic heterocycles. The minimum atomic E-state index is -4.10. The molecular weight excluding hydrogens is 265 g/mol. The van der Waals surface area contributed by atoms with Crippen molar-refractivity contribution in [2.45, 2.75) is 57.7 Å². The van der Waals surface area contributed by atoms with E-state index >= 15 is 0 Å². The first-order valence-electron chi connectivity index (χ1n) is 7.77.